The molecular weight excluding hydrogens is 404 g/mol. The van der Waals surface area contributed by atoms with Gasteiger partial charge >= 0.3 is 6.18 Å². The number of aromatic nitrogens is 1. The molecule has 27 heavy (non-hydrogen) atoms. The molecule has 0 aliphatic carbocycles. The fraction of sp³-hybridized carbons (Fsp3) is 0.111. The van der Waals surface area contributed by atoms with Crippen molar-refractivity contribution in [2.45, 2.75) is 13.1 Å². The van der Waals surface area contributed by atoms with E-state index in [2.05, 4.69) is 10.3 Å². The molecule has 0 atom stereocenters. The highest BCUT2D eigenvalue weighted by Crippen LogP contribution is 2.35. The van der Waals surface area contributed by atoms with Crippen LogP contribution in [0.15, 0.2) is 42.5 Å². The van der Waals surface area contributed by atoms with Crippen molar-refractivity contribution in [3.8, 4) is 11.1 Å². The van der Waals surface area contributed by atoms with Crippen molar-refractivity contribution in [1.29, 1.82) is 0 Å². The summed E-state index contributed by atoms with van der Waals surface area (Å²) >= 11 is 6.33. The predicted octanol–water partition coefficient (Wildman–Crippen LogP) is 6.18. The summed E-state index contributed by atoms with van der Waals surface area (Å²) < 4.78 is 53.1. The van der Waals surface area contributed by atoms with E-state index >= 15 is 0 Å². The van der Waals surface area contributed by atoms with Crippen LogP contribution in [0, 0.1) is 12.7 Å². The number of amides is 1. The molecule has 1 aromatic heterocycles. The maximum Gasteiger partial charge on any atom is 0.435 e. The third kappa shape index (κ3) is 4.12. The molecule has 0 aliphatic heterocycles. The van der Waals surface area contributed by atoms with Crippen LogP contribution in [0.1, 0.15) is 20.4 Å². The maximum atomic E-state index is 13.8. The van der Waals surface area contributed by atoms with Gasteiger partial charge in [-0.2, -0.15) is 13.2 Å². The minimum Gasteiger partial charge on any atom is -0.321 e. The number of halogens is 5. The Labute approximate surface area is 160 Å². The number of hydrogen-bond acceptors (Lipinski definition) is 3. The third-order valence-corrected chi connectivity index (χ3v) is 4.89. The molecule has 0 unspecified atom stereocenters. The zero-order valence-corrected chi connectivity index (χ0v) is 15.3. The van der Waals surface area contributed by atoms with Gasteiger partial charge < -0.3 is 5.32 Å². The SMILES string of the molecule is Cc1nc(C(F)(F)F)c(C(=O)Nc2ccccc2-c2ccc(Cl)c(F)c2)s1. The third-order valence-electron chi connectivity index (χ3n) is 3.61. The zero-order chi connectivity index (χ0) is 19.8. The summed E-state index contributed by atoms with van der Waals surface area (Å²) in [5.41, 5.74) is -0.124. The molecule has 140 valence electrons. The quantitative estimate of drug-likeness (QED) is 0.520. The molecule has 1 amide bonds. The van der Waals surface area contributed by atoms with E-state index in [1.165, 1.54) is 25.1 Å². The Balaban J connectivity index is 1.98. The summed E-state index contributed by atoms with van der Waals surface area (Å²) in [6.07, 6.45) is -4.74. The van der Waals surface area contributed by atoms with Crippen molar-refractivity contribution in [1.82, 2.24) is 4.98 Å². The number of carbonyl (C=O) groups excluding carboxylic acids is 1. The first-order valence-electron chi connectivity index (χ1n) is 7.57. The lowest BCUT2D eigenvalue weighted by Crippen LogP contribution is -2.17. The van der Waals surface area contributed by atoms with Gasteiger partial charge in [-0.25, -0.2) is 9.37 Å². The Hall–Kier alpha value is -2.45. The van der Waals surface area contributed by atoms with E-state index in [4.69, 9.17) is 11.6 Å². The minimum atomic E-state index is -4.74. The number of benzene rings is 2. The molecule has 0 radical (unpaired) electrons. The summed E-state index contributed by atoms with van der Waals surface area (Å²) in [7, 11) is 0. The second-order valence-corrected chi connectivity index (χ2v) is 7.15. The van der Waals surface area contributed by atoms with Crippen LogP contribution in [0.5, 0.6) is 0 Å². The Morgan fingerprint density at radius 1 is 1.19 bits per heavy atom. The molecule has 1 N–H and O–H groups in total. The van der Waals surface area contributed by atoms with Crippen molar-refractivity contribution in [3.63, 3.8) is 0 Å². The molecule has 0 spiro atoms. The Bertz CT molecular complexity index is 1020. The molecule has 2 aromatic carbocycles. The van der Waals surface area contributed by atoms with Gasteiger partial charge in [0.1, 0.15) is 10.7 Å². The number of nitrogens with one attached hydrogen (secondary N) is 1. The van der Waals surface area contributed by atoms with Crippen LogP contribution in [0.2, 0.25) is 5.02 Å². The predicted molar refractivity (Wildman–Crippen MR) is 96.7 cm³/mol. The van der Waals surface area contributed by atoms with Crippen LogP contribution < -0.4 is 5.32 Å². The van der Waals surface area contributed by atoms with Crippen molar-refractivity contribution in [2.24, 2.45) is 0 Å². The second-order valence-electron chi connectivity index (χ2n) is 5.54. The first kappa shape index (κ1) is 19.3. The molecular formula is C18H11ClF4N2OS. The molecule has 3 nitrogen and oxygen atoms in total. The molecule has 0 aliphatic rings. The molecule has 0 fully saturated rings. The molecule has 1 heterocycles. The standard InChI is InChI=1S/C18H11ClF4N2OS/c1-9-24-16(18(21,22)23)15(27-9)17(26)25-14-5-3-2-4-11(14)10-6-7-12(19)13(20)8-10/h2-8H,1H3,(H,25,26). The van der Waals surface area contributed by atoms with Crippen molar-refractivity contribution >= 4 is 34.5 Å². The van der Waals surface area contributed by atoms with Gasteiger partial charge in [-0.05, 0) is 30.7 Å². The van der Waals surface area contributed by atoms with Crippen LogP contribution in [-0.4, -0.2) is 10.9 Å². The Kier molecular flexibility index (Phi) is 5.21. The Morgan fingerprint density at radius 2 is 1.89 bits per heavy atom. The van der Waals surface area contributed by atoms with Gasteiger partial charge in [-0.15, -0.1) is 11.3 Å². The number of thiazole rings is 1. The average molecular weight is 415 g/mol. The highest BCUT2D eigenvalue weighted by atomic mass is 35.5. The van der Waals surface area contributed by atoms with E-state index in [9.17, 15) is 22.4 Å². The summed E-state index contributed by atoms with van der Waals surface area (Å²) in [5.74, 6) is -1.58. The van der Waals surface area contributed by atoms with Gasteiger partial charge in [0.2, 0.25) is 0 Å². The van der Waals surface area contributed by atoms with Gasteiger partial charge in [-0.1, -0.05) is 35.9 Å². The molecule has 3 aromatic rings. The largest absolute Gasteiger partial charge is 0.435 e. The molecule has 9 heteroatoms. The lowest BCUT2D eigenvalue weighted by atomic mass is 10.0. The highest BCUT2D eigenvalue weighted by molar-refractivity contribution is 7.13. The lowest BCUT2D eigenvalue weighted by molar-refractivity contribution is -0.141. The number of para-hydroxylation sites is 1. The van der Waals surface area contributed by atoms with Crippen molar-refractivity contribution in [2.75, 3.05) is 5.32 Å². The number of rotatable bonds is 3. The molecule has 0 saturated carbocycles. The summed E-state index contributed by atoms with van der Waals surface area (Å²) in [6, 6.07) is 10.5. The number of carbonyl (C=O) groups is 1. The lowest BCUT2D eigenvalue weighted by Gasteiger charge is -2.12. The number of nitrogens with zero attached hydrogens (tertiary/aromatic N) is 1. The van der Waals surface area contributed by atoms with E-state index in [1.807, 2.05) is 0 Å². The number of alkyl halides is 3. The number of aryl methyl sites for hydroxylation is 1. The van der Waals surface area contributed by atoms with Crippen LogP contribution in [0.25, 0.3) is 11.1 Å². The van der Waals surface area contributed by atoms with Crippen LogP contribution in [-0.2, 0) is 6.18 Å². The molecule has 3 rings (SSSR count). The van der Waals surface area contributed by atoms with Crippen LogP contribution in [0.3, 0.4) is 0 Å². The summed E-state index contributed by atoms with van der Waals surface area (Å²) in [5, 5.41) is 2.53. The fourth-order valence-corrected chi connectivity index (χ4v) is 3.41. The van der Waals surface area contributed by atoms with Crippen molar-refractivity contribution < 1.29 is 22.4 Å². The van der Waals surface area contributed by atoms with E-state index in [-0.39, 0.29) is 15.7 Å². The Morgan fingerprint density at radius 3 is 2.56 bits per heavy atom. The van der Waals surface area contributed by atoms with Gasteiger partial charge in [0.15, 0.2) is 5.69 Å². The van der Waals surface area contributed by atoms with Gasteiger partial charge in [0, 0.05) is 11.3 Å². The normalized spacial score (nSPS) is 11.5. The van der Waals surface area contributed by atoms with E-state index in [1.54, 1.807) is 24.3 Å². The first-order chi connectivity index (χ1) is 12.7. The van der Waals surface area contributed by atoms with Gasteiger partial charge in [0.25, 0.3) is 5.91 Å². The summed E-state index contributed by atoms with van der Waals surface area (Å²) in [4.78, 5) is 15.3. The number of hydrogen-bond donors (Lipinski definition) is 1. The van der Waals surface area contributed by atoms with Gasteiger partial charge in [0.05, 0.1) is 10.0 Å². The minimum absolute atomic E-state index is 0.0600. The first-order valence-corrected chi connectivity index (χ1v) is 8.76. The highest BCUT2D eigenvalue weighted by Gasteiger charge is 2.39. The zero-order valence-electron chi connectivity index (χ0n) is 13.7. The molecule has 0 saturated heterocycles. The van der Waals surface area contributed by atoms with Crippen LogP contribution in [0.4, 0.5) is 23.2 Å². The second kappa shape index (κ2) is 7.28. The topological polar surface area (TPSA) is 42.0 Å². The fourth-order valence-electron chi connectivity index (χ4n) is 2.46. The smallest absolute Gasteiger partial charge is 0.321 e. The van der Waals surface area contributed by atoms with Crippen LogP contribution >= 0.6 is 22.9 Å². The van der Waals surface area contributed by atoms with E-state index in [0.29, 0.717) is 22.5 Å². The average Bonchev–Trinajstić information content (AvgIpc) is 3.00. The van der Waals surface area contributed by atoms with E-state index in [0.717, 1.165) is 0 Å². The van der Waals surface area contributed by atoms with E-state index < -0.39 is 28.5 Å². The monoisotopic (exact) mass is 414 g/mol. The van der Waals surface area contributed by atoms with Gasteiger partial charge in [-0.3, -0.25) is 4.79 Å². The van der Waals surface area contributed by atoms with Crippen molar-refractivity contribution in [3.05, 3.63) is 68.9 Å². The maximum absolute atomic E-state index is 13.8. The molecule has 0 bridgehead atoms. The number of anilines is 1. The summed E-state index contributed by atoms with van der Waals surface area (Å²) in [6.45, 7) is 1.39.